The Morgan fingerprint density at radius 2 is 1.41 bits per heavy atom. The fourth-order valence-corrected chi connectivity index (χ4v) is 8.96. The van der Waals surface area contributed by atoms with Gasteiger partial charge in [-0.2, -0.15) is 0 Å². The van der Waals surface area contributed by atoms with E-state index >= 15 is 0 Å². The van der Waals surface area contributed by atoms with Gasteiger partial charge in [-0.05, 0) is 0 Å². The van der Waals surface area contributed by atoms with Gasteiger partial charge in [0.05, 0.1) is 0 Å². The molecule has 1 aliphatic carbocycles. The van der Waals surface area contributed by atoms with Crippen LogP contribution in [0.15, 0.2) is 40.3 Å². The molecule has 1 aliphatic rings. The minimum absolute atomic E-state index is 0. The third-order valence-electron chi connectivity index (χ3n) is 4.58. The van der Waals surface area contributed by atoms with Crippen molar-refractivity contribution in [3.05, 3.63) is 51.4 Å². The summed E-state index contributed by atoms with van der Waals surface area (Å²) in [6.45, 7) is 4.27. The van der Waals surface area contributed by atoms with Crippen LogP contribution in [0, 0.1) is 13.8 Å². The van der Waals surface area contributed by atoms with Crippen molar-refractivity contribution in [1.29, 1.82) is 0 Å². The molecule has 4 heteroatoms. The maximum Gasteiger partial charge on any atom is -0.147 e. The van der Waals surface area contributed by atoms with Gasteiger partial charge >= 0.3 is 120 Å². The van der Waals surface area contributed by atoms with Crippen molar-refractivity contribution < 1.29 is 16.4 Å². The van der Waals surface area contributed by atoms with Crippen LogP contribution in [0.3, 0.4) is 0 Å². The SMILES string of the molecule is Cc1cccc(C)c1[O][Ti]([CH3])([CH3])([CH3])([CH3])([CH3])[C]1=CC=CC1.Cl.Cl. The van der Waals surface area contributed by atoms with Crippen LogP contribution in [0.4, 0.5) is 0 Å². The average molecular weight is 382 g/mol. The van der Waals surface area contributed by atoms with Crippen LogP contribution < -0.4 is 3.32 Å². The zero-order chi connectivity index (χ0) is 15.3. The summed E-state index contributed by atoms with van der Waals surface area (Å²) in [5.41, 5.74) is 2.44. The van der Waals surface area contributed by atoms with Crippen LogP contribution in [0.1, 0.15) is 17.5 Å². The first-order chi connectivity index (χ1) is 8.74. The molecule has 0 fully saturated rings. The number of hydrogen-bond donors (Lipinski definition) is 0. The zero-order valence-electron chi connectivity index (χ0n) is 14.9. The molecule has 0 saturated carbocycles. The van der Waals surface area contributed by atoms with Gasteiger partial charge in [-0.25, -0.2) is 0 Å². The van der Waals surface area contributed by atoms with Gasteiger partial charge in [-0.1, -0.05) is 0 Å². The second-order valence-corrected chi connectivity index (χ2v) is 35.4. The number of aryl methyl sites for hydroxylation is 2. The molecular weight excluding hydrogens is 351 g/mol. The minimum atomic E-state index is -4.19. The number of hydrogen-bond acceptors (Lipinski definition) is 1. The zero-order valence-corrected chi connectivity index (χ0v) is 18.1. The predicted octanol–water partition coefficient (Wildman–Crippen LogP) is 7.29. The van der Waals surface area contributed by atoms with Crippen molar-refractivity contribution in [2.45, 2.75) is 46.4 Å². The fourth-order valence-electron chi connectivity index (χ4n) is 3.04. The molecule has 0 unspecified atom stereocenters. The molecule has 0 radical (unpaired) electrons. The third kappa shape index (κ3) is 4.20. The van der Waals surface area contributed by atoms with E-state index in [1.54, 1.807) is 0 Å². The first-order valence-corrected chi connectivity index (χ1v) is 16.8. The van der Waals surface area contributed by atoms with Crippen molar-refractivity contribution in [3.63, 3.8) is 0 Å². The van der Waals surface area contributed by atoms with Gasteiger partial charge in [0.2, 0.25) is 0 Å². The number of allylic oxidation sites excluding steroid dienone is 4. The van der Waals surface area contributed by atoms with E-state index in [1.807, 2.05) is 0 Å². The van der Waals surface area contributed by atoms with E-state index in [2.05, 4.69) is 76.4 Å². The monoisotopic (exact) mass is 381 g/mol. The molecule has 2 rings (SSSR count). The summed E-state index contributed by atoms with van der Waals surface area (Å²) >= 11 is -4.19. The van der Waals surface area contributed by atoms with Crippen LogP contribution in [0.5, 0.6) is 5.75 Å². The molecule has 0 heterocycles. The van der Waals surface area contributed by atoms with Crippen LogP contribution in [-0.2, 0) is 13.1 Å². The Morgan fingerprint density at radius 1 is 0.909 bits per heavy atom. The largest absolute Gasteiger partial charge is 0.147 e. The van der Waals surface area contributed by atoms with Crippen molar-refractivity contribution in [2.75, 3.05) is 0 Å². The van der Waals surface area contributed by atoms with E-state index in [0.29, 0.717) is 0 Å². The molecule has 0 saturated heterocycles. The third-order valence-corrected chi connectivity index (χ3v) is 12.7. The van der Waals surface area contributed by atoms with Crippen LogP contribution in [0.2, 0.25) is 26.1 Å². The smallest absolute Gasteiger partial charge is 0.147 e. The van der Waals surface area contributed by atoms with Gasteiger partial charge in [0.1, 0.15) is 0 Å². The Balaban J connectivity index is 0.00000220. The molecule has 22 heavy (non-hydrogen) atoms. The molecule has 0 aliphatic heterocycles. The first-order valence-electron chi connectivity index (χ1n) is 7.62. The Labute approximate surface area is 144 Å². The van der Waals surface area contributed by atoms with E-state index < -0.39 is 13.1 Å². The Morgan fingerprint density at radius 3 is 1.82 bits per heavy atom. The fraction of sp³-hybridized carbons (Fsp3) is 0.444. The predicted molar refractivity (Wildman–Crippen MR) is 102 cm³/mol. The van der Waals surface area contributed by atoms with Crippen molar-refractivity contribution in [3.8, 4) is 5.75 Å². The van der Waals surface area contributed by atoms with Crippen molar-refractivity contribution in [1.82, 2.24) is 0 Å². The van der Waals surface area contributed by atoms with Gasteiger partial charge in [-0.3, -0.25) is 0 Å². The summed E-state index contributed by atoms with van der Waals surface area (Å²) in [4.78, 5) is 0. The second kappa shape index (κ2) is 4.90. The number of benzene rings is 1. The Hall–Kier alpha value is -0.206. The Kier molecular flexibility index (Phi) is 4.85. The molecule has 1 aromatic rings. The first kappa shape index (κ1) is 21.8. The van der Waals surface area contributed by atoms with Gasteiger partial charge in [0.15, 0.2) is 0 Å². The second-order valence-electron chi connectivity index (χ2n) is 11.0. The molecule has 0 N–H and O–H groups in total. The van der Waals surface area contributed by atoms with Crippen LogP contribution in [-0.4, -0.2) is 0 Å². The minimum Gasteiger partial charge on any atom is -0.147 e. The Bertz CT molecular complexity index is 636. The van der Waals surface area contributed by atoms with E-state index in [0.717, 1.165) is 12.2 Å². The summed E-state index contributed by atoms with van der Waals surface area (Å²) in [5.74, 6) is 1.06. The molecule has 0 spiro atoms. The molecule has 127 valence electrons. The maximum absolute atomic E-state index is 6.98. The van der Waals surface area contributed by atoms with Gasteiger partial charge in [0.25, 0.3) is 0 Å². The molecule has 0 bridgehead atoms. The van der Waals surface area contributed by atoms with E-state index in [9.17, 15) is 0 Å². The molecule has 0 amide bonds. The maximum atomic E-state index is 6.98. The van der Waals surface area contributed by atoms with E-state index in [1.165, 1.54) is 15.0 Å². The molecule has 1 aromatic carbocycles. The average Bonchev–Trinajstić information content (AvgIpc) is 2.77. The summed E-state index contributed by atoms with van der Waals surface area (Å²) < 4.78 is 8.44. The van der Waals surface area contributed by atoms with E-state index in [4.69, 9.17) is 3.32 Å². The molecule has 1 nitrogen and oxygen atoms in total. The van der Waals surface area contributed by atoms with E-state index in [-0.39, 0.29) is 24.8 Å². The number of para-hydroxylation sites is 1. The van der Waals surface area contributed by atoms with Crippen molar-refractivity contribution in [2.24, 2.45) is 0 Å². The normalized spacial score (nSPS) is 18.7. The van der Waals surface area contributed by atoms with Crippen LogP contribution >= 0.6 is 24.8 Å². The number of rotatable bonds is 3. The van der Waals surface area contributed by atoms with Gasteiger partial charge in [-0.15, -0.1) is 24.8 Å². The summed E-state index contributed by atoms with van der Waals surface area (Å²) in [5, 5.41) is 11.9. The number of halogens is 2. The van der Waals surface area contributed by atoms with Crippen LogP contribution in [0.25, 0.3) is 0 Å². The molecule has 0 aromatic heterocycles. The van der Waals surface area contributed by atoms with Crippen molar-refractivity contribution >= 4 is 24.8 Å². The van der Waals surface area contributed by atoms with Gasteiger partial charge in [0, 0.05) is 0 Å². The topological polar surface area (TPSA) is 9.23 Å². The van der Waals surface area contributed by atoms with Gasteiger partial charge < -0.3 is 0 Å². The summed E-state index contributed by atoms with van der Waals surface area (Å²) in [6, 6.07) is 6.37. The summed E-state index contributed by atoms with van der Waals surface area (Å²) in [6.07, 6.45) is 7.67. The molecule has 0 atom stereocenters. The quantitative estimate of drug-likeness (QED) is 0.499. The summed E-state index contributed by atoms with van der Waals surface area (Å²) in [7, 11) is 0. The standard InChI is InChI=1S/C8H10O.C5H5.5CH3.2ClH.Ti/c1-6-4-3-5-7(2)8(6)9;1-2-4-5-3-1;;;;;;;;/h3-5,9H,1-2H3;1-3H,4H2;5*1H3;2*1H;/q;;;;;;;;;+1/p-1. The molecular formula is C18H31Cl2OTi.